The van der Waals surface area contributed by atoms with Gasteiger partial charge in [-0.2, -0.15) is 23.3 Å². The number of rotatable bonds is 6. The van der Waals surface area contributed by atoms with E-state index in [-0.39, 0.29) is 35.1 Å². The highest BCUT2D eigenvalue weighted by atomic mass is 35.5. The molecule has 3 aromatic rings. The fraction of sp³-hybridized carbons (Fsp3) is 0.346. The van der Waals surface area contributed by atoms with E-state index in [1.807, 2.05) is 24.1 Å². The van der Waals surface area contributed by atoms with Crippen LogP contribution < -0.4 is 5.32 Å². The molecule has 7 nitrogen and oxygen atoms in total. The molecule has 1 unspecified atom stereocenters. The molecule has 200 valence electrons. The highest BCUT2D eigenvalue weighted by molar-refractivity contribution is 8.18. The number of nitrogens with one attached hydrogen (secondary N) is 1. The SMILES string of the molecule is COC[C@@H]1CC(N(C)C2=NC(=O)C(=Cc3ccc4c(cnn4Cc4ccc(Cl)cc4C(F)(F)F)c3)S2)CN1. The van der Waals surface area contributed by atoms with Crippen molar-refractivity contribution in [2.24, 2.45) is 4.99 Å². The third kappa shape index (κ3) is 5.61. The lowest BCUT2D eigenvalue weighted by Gasteiger charge is -2.24. The summed E-state index contributed by atoms with van der Waals surface area (Å²) >= 11 is 7.13. The number of benzene rings is 2. The van der Waals surface area contributed by atoms with Gasteiger partial charge in [-0.05, 0) is 59.7 Å². The number of hydrogen-bond donors (Lipinski definition) is 1. The number of alkyl halides is 3. The number of nitrogens with zero attached hydrogens (tertiary/aromatic N) is 4. The summed E-state index contributed by atoms with van der Waals surface area (Å²) < 4.78 is 47.3. The minimum absolute atomic E-state index is 0.0249. The van der Waals surface area contributed by atoms with Gasteiger partial charge in [0.15, 0.2) is 5.17 Å². The van der Waals surface area contributed by atoms with E-state index in [4.69, 9.17) is 16.3 Å². The van der Waals surface area contributed by atoms with Crippen LogP contribution in [0.15, 0.2) is 52.5 Å². The Bertz CT molecular complexity index is 1440. The van der Waals surface area contributed by atoms with Gasteiger partial charge in [-0.25, -0.2) is 0 Å². The van der Waals surface area contributed by atoms with Crippen molar-refractivity contribution >= 4 is 51.4 Å². The molecule has 1 N–H and O–H groups in total. The number of thioether (sulfide) groups is 1. The normalized spacial score (nSPS) is 21.1. The first-order valence-electron chi connectivity index (χ1n) is 11.9. The van der Waals surface area contributed by atoms with Crippen LogP contribution in [-0.2, 0) is 22.3 Å². The molecule has 2 aromatic carbocycles. The van der Waals surface area contributed by atoms with Crippen molar-refractivity contribution in [2.75, 3.05) is 27.3 Å². The Hall–Kier alpha value is -2.86. The number of aromatic nitrogens is 2. The van der Waals surface area contributed by atoms with Gasteiger partial charge < -0.3 is 15.0 Å². The molecular formula is C26H25ClF3N5O2S. The number of carbonyl (C=O) groups excluding carboxylic acids is 1. The van der Waals surface area contributed by atoms with Crippen LogP contribution in [0.1, 0.15) is 23.1 Å². The van der Waals surface area contributed by atoms with Crippen molar-refractivity contribution in [3.63, 3.8) is 0 Å². The lowest BCUT2D eigenvalue weighted by molar-refractivity contribution is -0.138. The highest BCUT2D eigenvalue weighted by Gasteiger charge is 2.34. The third-order valence-electron chi connectivity index (χ3n) is 6.69. The first-order valence-corrected chi connectivity index (χ1v) is 13.1. The Kier molecular flexibility index (Phi) is 7.54. The molecule has 5 rings (SSSR count). The van der Waals surface area contributed by atoms with Crippen molar-refractivity contribution < 1.29 is 22.7 Å². The topological polar surface area (TPSA) is 71.8 Å². The molecule has 38 heavy (non-hydrogen) atoms. The second-order valence-corrected chi connectivity index (χ2v) is 10.7. The van der Waals surface area contributed by atoms with Crippen molar-refractivity contribution in [3.05, 3.63) is 69.2 Å². The molecule has 0 bridgehead atoms. The summed E-state index contributed by atoms with van der Waals surface area (Å²) in [6.45, 7) is 1.36. The summed E-state index contributed by atoms with van der Waals surface area (Å²) in [6, 6.07) is 9.68. The summed E-state index contributed by atoms with van der Waals surface area (Å²) in [5.74, 6) is -0.297. The van der Waals surface area contributed by atoms with Crippen molar-refractivity contribution in [3.8, 4) is 0 Å². The van der Waals surface area contributed by atoms with Gasteiger partial charge in [0.05, 0.1) is 35.3 Å². The number of carbonyl (C=O) groups is 1. The van der Waals surface area contributed by atoms with Gasteiger partial charge in [0.1, 0.15) is 0 Å². The Morgan fingerprint density at radius 3 is 2.87 bits per heavy atom. The largest absolute Gasteiger partial charge is 0.416 e. The summed E-state index contributed by atoms with van der Waals surface area (Å²) in [7, 11) is 3.62. The maximum atomic E-state index is 13.5. The first kappa shape index (κ1) is 26.7. The number of fused-ring (bicyclic) bond motifs is 1. The molecule has 1 aromatic heterocycles. The number of likely N-dealkylation sites (N-methyl/N-ethyl adjacent to an activating group) is 1. The predicted molar refractivity (Wildman–Crippen MR) is 143 cm³/mol. The van der Waals surface area contributed by atoms with Crippen LogP contribution in [0.25, 0.3) is 17.0 Å². The highest BCUT2D eigenvalue weighted by Crippen LogP contribution is 2.35. The van der Waals surface area contributed by atoms with Gasteiger partial charge in [-0.1, -0.05) is 23.7 Å². The molecule has 12 heteroatoms. The molecule has 0 saturated carbocycles. The predicted octanol–water partition coefficient (Wildman–Crippen LogP) is 5.04. The van der Waals surface area contributed by atoms with E-state index < -0.39 is 11.7 Å². The average molecular weight is 564 g/mol. The van der Waals surface area contributed by atoms with Gasteiger partial charge in [-0.15, -0.1) is 0 Å². The van der Waals surface area contributed by atoms with Crippen molar-refractivity contribution in [2.45, 2.75) is 31.2 Å². The molecule has 2 atom stereocenters. The van der Waals surface area contributed by atoms with Crippen LogP contribution >= 0.6 is 23.4 Å². The van der Waals surface area contributed by atoms with Crippen LogP contribution in [0.2, 0.25) is 5.02 Å². The fourth-order valence-electron chi connectivity index (χ4n) is 4.71. The van der Waals surface area contributed by atoms with Crippen LogP contribution in [0.3, 0.4) is 0 Å². The Balaban J connectivity index is 1.31. The summed E-state index contributed by atoms with van der Waals surface area (Å²) in [5.41, 5.74) is 0.745. The number of halogens is 4. The molecule has 2 aliphatic rings. The van der Waals surface area contributed by atoms with Crippen LogP contribution in [-0.4, -0.2) is 65.1 Å². The molecule has 0 aliphatic carbocycles. The second kappa shape index (κ2) is 10.7. The molecule has 3 heterocycles. The zero-order valence-corrected chi connectivity index (χ0v) is 22.2. The zero-order chi connectivity index (χ0) is 27.0. The average Bonchev–Trinajstić information content (AvgIpc) is 3.59. The van der Waals surface area contributed by atoms with Gasteiger partial charge in [0.2, 0.25) is 0 Å². The minimum Gasteiger partial charge on any atom is -0.383 e. The van der Waals surface area contributed by atoms with Crippen LogP contribution in [0.5, 0.6) is 0 Å². The van der Waals surface area contributed by atoms with Gasteiger partial charge >= 0.3 is 6.18 Å². The minimum atomic E-state index is -4.52. The number of hydrogen-bond acceptors (Lipinski definition) is 6. The lowest BCUT2D eigenvalue weighted by atomic mass is 10.1. The smallest absolute Gasteiger partial charge is 0.383 e. The van der Waals surface area contributed by atoms with Gasteiger partial charge in [-0.3, -0.25) is 9.48 Å². The van der Waals surface area contributed by atoms with Crippen LogP contribution in [0, 0.1) is 0 Å². The van der Waals surface area contributed by atoms with E-state index in [0.29, 0.717) is 22.2 Å². The van der Waals surface area contributed by atoms with Crippen molar-refractivity contribution in [1.29, 1.82) is 0 Å². The van der Waals surface area contributed by atoms with E-state index in [2.05, 4.69) is 15.4 Å². The van der Waals surface area contributed by atoms with E-state index in [9.17, 15) is 18.0 Å². The van der Waals surface area contributed by atoms with E-state index in [1.54, 1.807) is 25.4 Å². The molecule has 2 aliphatic heterocycles. The third-order valence-corrected chi connectivity index (χ3v) is 8.00. The Morgan fingerprint density at radius 2 is 2.11 bits per heavy atom. The molecule has 1 fully saturated rings. The maximum Gasteiger partial charge on any atom is 0.416 e. The summed E-state index contributed by atoms with van der Waals surface area (Å²) in [6.07, 6.45) is -0.250. The van der Waals surface area contributed by atoms with E-state index in [1.165, 1.54) is 28.6 Å². The lowest BCUT2D eigenvalue weighted by Crippen LogP contribution is -2.36. The molecular weight excluding hydrogens is 539 g/mol. The zero-order valence-electron chi connectivity index (χ0n) is 20.6. The molecule has 0 radical (unpaired) electrons. The number of methoxy groups -OCH3 is 1. The summed E-state index contributed by atoms with van der Waals surface area (Å²) in [4.78, 5) is 19.4. The summed E-state index contributed by atoms with van der Waals surface area (Å²) in [5, 5.41) is 9.15. The molecule has 1 saturated heterocycles. The first-order chi connectivity index (χ1) is 18.1. The number of amidine groups is 1. The van der Waals surface area contributed by atoms with Crippen LogP contribution in [0.4, 0.5) is 13.2 Å². The molecule has 1 amide bonds. The number of amides is 1. The quantitative estimate of drug-likeness (QED) is 0.424. The Labute approximate surface area is 226 Å². The number of ether oxygens (including phenoxy) is 1. The van der Waals surface area contributed by atoms with Crippen molar-refractivity contribution in [1.82, 2.24) is 20.0 Å². The van der Waals surface area contributed by atoms with E-state index >= 15 is 0 Å². The molecule has 0 spiro atoms. The fourth-order valence-corrected chi connectivity index (χ4v) is 5.83. The van der Waals surface area contributed by atoms with Gasteiger partial charge in [0, 0.05) is 43.2 Å². The van der Waals surface area contributed by atoms with Gasteiger partial charge in [0.25, 0.3) is 5.91 Å². The number of aliphatic imine (C=N–C) groups is 1. The second-order valence-electron chi connectivity index (χ2n) is 9.29. The van der Waals surface area contributed by atoms with E-state index in [0.717, 1.165) is 30.0 Å². The standard InChI is InChI=1S/C26H25ClF3N5O2S/c1-34(20-10-19(14-37-2)31-12-20)25-33-24(36)23(38-25)8-15-3-6-22-17(7-15)11-32-35(22)13-16-4-5-18(27)9-21(16)26(28,29)30/h3-9,11,19-20,31H,10,12-14H2,1-2H3/t19-,20?/m0/s1. The Morgan fingerprint density at radius 1 is 1.29 bits per heavy atom. The monoisotopic (exact) mass is 563 g/mol. The maximum absolute atomic E-state index is 13.5.